The average Bonchev–Trinajstić information content (AvgIpc) is 3.03. The van der Waals surface area contributed by atoms with Crippen LogP contribution in [0.1, 0.15) is 24.0 Å². The second-order valence-electron chi connectivity index (χ2n) is 6.18. The lowest BCUT2D eigenvalue weighted by molar-refractivity contribution is -0.274. The van der Waals surface area contributed by atoms with Crippen LogP contribution < -0.4 is 10.1 Å². The number of aromatic amines is 1. The topological polar surface area (TPSA) is 54.1 Å². The lowest BCUT2D eigenvalue weighted by Crippen LogP contribution is -2.22. The smallest absolute Gasteiger partial charge is 0.406 e. The van der Waals surface area contributed by atoms with Crippen molar-refractivity contribution in [3.05, 3.63) is 65.9 Å². The second kappa shape index (κ2) is 8.16. The first-order valence-electron chi connectivity index (χ1n) is 8.57. The number of carbonyl (C=O) groups excluding carboxylic acids is 1. The fraction of sp³-hybridized carbons (Fsp3) is 0.250. The van der Waals surface area contributed by atoms with E-state index < -0.39 is 6.36 Å². The molecule has 0 fully saturated rings. The van der Waals surface area contributed by atoms with E-state index in [0.717, 1.165) is 11.9 Å². The molecule has 0 atom stereocenters. The Balaban J connectivity index is 1.42. The van der Waals surface area contributed by atoms with Crippen LogP contribution in [0.2, 0.25) is 0 Å². The van der Waals surface area contributed by atoms with Crippen molar-refractivity contribution in [1.29, 1.82) is 0 Å². The number of carbonyl (C=O) groups is 1. The van der Waals surface area contributed by atoms with Crippen LogP contribution in [0, 0.1) is 0 Å². The SMILES string of the molecule is O=C(CCCc1c[nH]c2ccccc12)NCc1ccc(OC(F)(F)F)cc1. The quantitative estimate of drug-likeness (QED) is 0.628. The van der Waals surface area contributed by atoms with Crippen LogP contribution in [-0.4, -0.2) is 17.3 Å². The number of rotatable bonds is 7. The van der Waals surface area contributed by atoms with Gasteiger partial charge in [-0.2, -0.15) is 0 Å². The van der Waals surface area contributed by atoms with E-state index in [1.807, 2.05) is 30.5 Å². The van der Waals surface area contributed by atoms with Crippen LogP contribution in [0.5, 0.6) is 5.75 Å². The molecule has 1 amide bonds. The standard InChI is InChI=1S/C20H19F3N2O2/c21-20(22,23)27-16-10-8-14(9-11-16)12-25-19(26)7-3-4-15-13-24-18-6-2-1-5-17(15)18/h1-2,5-6,8-11,13,24H,3-4,7,12H2,(H,25,26). The third kappa shape index (κ3) is 5.51. The van der Waals surface area contributed by atoms with Gasteiger partial charge in [-0.05, 0) is 42.2 Å². The van der Waals surface area contributed by atoms with Crippen LogP contribution >= 0.6 is 0 Å². The second-order valence-corrected chi connectivity index (χ2v) is 6.18. The summed E-state index contributed by atoms with van der Waals surface area (Å²) in [6.45, 7) is 0.262. The van der Waals surface area contributed by atoms with Crippen LogP contribution in [-0.2, 0) is 17.8 Å². The van der Waals surface area contributed by atoms with E-state index in [-0.39, 0.29) is 18.2 Å². The molecule has 2 N–H and O–H groups in total. The molecule has 3 aromatic rings. The number of halogens is 3. The lowest BCUT2D eigenvalue weighted by atomic mass is 10.1. The van der Waals surface area contributed by atoms with Crippen LogP contribution in [0.15, 0.2) is 54.7 Å². The molecule has 27 heavy (non-hydrogen) atoms. The summed E-state index contributed by atoms with van der Waals surface area (Å²) in [5, 5.41) is 3.94. The van der Waals surface area contributed by atoms with Gasteiger partial charge in [-0.25, -0.2) is 0 Å². The van der Waals surface area contributed by atoms with Gasteiger partial charge < -0.3 is 15.0 Å². The fourth-order valence-electron chi connectivity index (χ4n) is 2.88. The monoisotopic (exact) mass is 376 g/mol. The molecule has 0 aliphatic carbocycles. The van der Waals surface area contributed by atoms with Gasteiger partial charge in [0.2, 0.25) is 5.91 Å². The van der Waals surface area contributed by atoms with E-state index >= 15 is 0 Å². The summed E-state index contributed by atoms with van der Waals surface area (Å²) < 4.78 is 40.2. The number of hydrogen-bond acceptors (Lipinski definition) is 2. The Morgan fingerprint density at radius 2 is 1.81 bits per heavy atom. The summed E-state index contributed by atoms with van der Waals surface area (Å²) in [5.74, 6) is -0.373. The van der Waals surface area contributed by atoms with Crippen LogP contribution in [0.4, 0.5) is 13.2 Å². The molecule has 0 aliphatic heterocycles. The number of ether oxygens (including phenoxy) is 1. The molecule has 142 valence electrons. The first kappa shape index (κ1) is 18.8. The Labute approximate surface area is 154 Å². The minimum atomic E-state index is -4.71. The molecule has 7 heteroatoms. The van der Waals surface area contributed by atoms with Crippen molar-refractivity contribution in [3.63, 3.8) is 0 Å². The first-order chi connectivity index (χ1) is 12.9. The van der Waals surface area contributed by atoms with Crippen LogP contribution in [0.25, 0.3) is 10.9 Å². The van der Waals surface area contributed by atoms with E-state index in [0.29, 0.717) is 18.4 Å². The van der Waals surface area contributed by atoms with Gasteiger partial charge in [-0.1, -0.05) is 30.3 Å². The number of aryl methyl sites for hydroxylation is 1. The summed E-state index contributed by atoms with van der Waals surface area (Å²) in [7, 11) is 0. The summed E-state index contributed by atoms with van der Waals surface area (Å²) >= 11 is 0. The first-order valence-corrected chi connectivity index (χ1v) is 8.57. The third-order valence-electron chi connectivity index (χ3n) is 4.17. The average molecular weight is 376 g/mol. The largest absolute Gasteiger partial charge is 0.573 e. The van der Waals surface area contributed by atoms with Gasteiger partial charge in [-0.15, -0.1) is 13.2 Å². The van der Waals surface area contributed by atoms with Gasteiger partial charge in [0.1, 0.15) is 5.75 Å². The Bertz CT molecular complexity index is 901. The molecular formula is C20H19F3N2O2. The van der Waals surface area contributed by atoms with Gasteiger partial charge in [0.25, 0.3) is 0 Å². The number of benzene rings is 2. The molecule has 0 bridgehead atoms. The van der Waals surface area contributed by atoms with Crippen molar-refractivity contribution in [2.45, 2.75) is 32.2 Å². The minimum absolute atomic E-state index is 0.0922. The highest BCUT2D eigenvalue weighted by Gasteiger charge is 2.30. The third-order valence-corrected chi connectivity index (χ3v) is 4.17. The van der Waals surface area contributed by atoms with Crippen molar-refractivity contribution in [2.75, 3.05) is 0 Å². The summed E-state index contributed by atoms with van der Waals surface area (Å²) in [5.41, 5.74) is 2.96. The Kier molecular flexibility index (Phi) is 5.69. The lowest BCUT2D eigenvalue weighted by Gasteiger charge is -2.10. The van der Waals surface area contributed by atoms with Crippen molar-refractivity contribution < 1.29 is 22.7 Å². The number of aromatic nitrogens is 1. The van der Waals surface area contributed by atoms with Gasteiger partial charge in [-0.3, -0.25) is 4.79 Å². The van der Waals surface area contributed by atoms with E-state index in [9.17, 15) is 18.0 Å². The molecule has 2 aromatic carbocycles. The molecule has 0 aliphatic rings. The molecule has 4 nitrogen and oxygen atoms in total. The van der Waals surface area contributed by atoms with E-state index in [2.05, 4.69) is 15.0 Å². The normalized spacial score (nSPS) is 11.5. The van der Waals surface area contributed by atoms with Crippen molar-refractivity contribution >= 4 is 16.8 Å². The molecule has 1 heterocycles. The Morgan fingerprint density at radius 3 is 2.56 bits per heavy atom. The van der Waals surface area contributed by atoms with E-state index in [1.54, 1.807) is 0 Å². The predicted octanol–water partition coefficient (Wildman–Crippen LogP) is 4.71. The zero-order valence-corrected chi connectivity index (χ0v) is 14.5. The summed E-state index contributed by atoms with van der Waals surface area (Å²) in [4.78, 5) is 15.2. The molecule has 0 saturated carbocycles. The van der Waals surface area contributed by atoms with Gasteiger partial charge in [0, 0.05) is 30.1 Å². The minimum Gasteiger partial charge on any atom is -0.406 e. The Hall–Kier alpha value is -2.96. The Morgan fingerprint density at radius 1 is 1.07 bits per heavy atom. The number of nitrogens with one attached hydrogen (secondary N) is 2. The molecule has 0 radical (unpaired) electrons. The van der Waals surface area contributed by atoms with Gasteiger partial charge >= 0.3 is 6.36 Å². The maximum Gasteiger partial charge on any atom is 0.573 e. The van der Waals surface area contributed by atoms with Crippen LogP contribution in [0.3, 0.4) is 0 Å². The summed E-state index contributed by atoms with van der Waals surface area (Å²) in [6.07, 6.45) is -0.852. The van der Waals surface area contributed by atoms with Crippen molar-refractivity contribution in [2.24, 2.45) is 0 Å². The maximum absolute atomic E-state index is 12.1. The van der Waals surface area contributed by atoms with Crippen molar-refractivity contribution in [3.8, 4) is 5.75 Å². The molecule has 0 saturated heterocycles. The highest BCUT2D eigenvalue weighted by molar-refractivity contribution is 5.83. The summed E-state index contributed by atoms with van der Waals surface area (Å²) in [6, 6.07) is 13.5. The van der Waals surface area contributed by atoms with Gasteiger partial charge in [0.05, 0.1) is 0 Å². The fourth-order valence-corrected chi connectivity index (χ4v) is 2.88. The number of H-pyrrole nitrogens is 1. The van der Waals surface area contributed by atoms with E-state index in [1.165, 1.54) is 35.2 Å². The molecule has 0 unspecified atom stereocenters. The van der Waals surface area contributed by atoms with Crippen molar-refractivity contribution in [1.82, 2.24) is 10.3 Å². The molecular weight excluding hydrogens is 357 g/mol. The molecule has 0 spiro atoms. The number of amides is 1. The number of alkyl halides is 3. The molecule has 1 aromatic heterocycles. The van der Waals surface area contributed by atoms with E-state index in [4.69, 9.17) is 0 Å². The maximum atomic E-state index is 12.1. The predicted molar refractivity (Wildman–Crippen MR) is 96.2 cm³/mol. The number of hydrogen-bond donors (Lipinski definition) is 2. The zero-order chi connectivity index (χ0) is 19.3. The highest BCUT2D eigenvalue weighted by Crippen LogP contribution is 2.23. The van der Waals surface area contributed by atoms with Gasteiger partial charge in [0.15, 0.2) is 0 Å². The number of fused-ring (bicyclic) bond motifs is 1. The zero-order valence-electron chi connectivity index (χ0n) is 14.5. The highest BCUT2D eigenvalue weighted by atomic mass is 19.4. The number of para-hydroxylation sites is 1. The molecule has 3 rings (SSSR count).